The molecule has 10 heavy (non-hydrogen) atoms. The number of imidazole rings is 1. The average Bonchev–Trinajstić information content (AvgIpc) is 2.11. The molecule has 4 nitrogen and oxygen atoms in total. The molecule has 1 aromatic rings. The van der Waals surface area contributed by atoms with E-state index in [-0.39, 0.29) is 19.5 Å². The van der Waals surface area contributed by atoms with Crippen molar-refractivity contribution in [1.82, 2.24) is 9.97 Å². The van der Waals surface area contributed by atoms with Crippen LogP contribution in [0.2, 0.25) is 0 Å². The van der Waals surface area contributed by atoms with E-state index in [4.69, 9.17) is 9.90 Å². The Bertz CT molecular complexity index is 131. The summed E-state index contributed by atoms with van der Waals surface area (Å²) in [4.78, 5) is 15.4. The molecule has 0 aliphatic carbocycles. The summed E-state index contributed by atoms with van der Waals surface area (Å²) in [6, 6.07) is 0. The molecular weight excluding hydrogens is 185 g/mol. The van der Waals surface area contributed by atoms with E-state index in [1.165, 1.54) is 0 Å². The minimum atomic E-state index is -0.833. The fourth-order valence-corrected chi connectivity index (χ4v) is 0.215. The summed E-state index contributed by atoms with van der Waals surface area (Å²) in [5.41, 5.74) is 0. The summed E-state index contributed by atoms with van der Waals surface area (Å²) >= 11 is 0. The largest absolute Gasteiger partial charge is 0.481 e. The number of aromatic nitrogens is 2. The Balaban J connectivity index is 0. The number of carboxylic acids is 1. The van der Waals surface area contributed by atoms with Crippen molar-refractivity contribution in [3.8, 4) is 0 Å². The monoisotopic (exact) mass is 192 g/mol. The average molecular weight is 194 g/mol. The maximum absolute atomic E-state index is 9.00. The number of nitrogens with zero attached hydrogens (tertiary/aromatic N) is 1. The number of aliphatic carboxylic acids is 1. The summed E-state index contributed by atoms with van der Waals surface area (Å²) in [6.07, 6.45) is 5.08. The molecule has 52 valence electrons. The predicted molar refractivity (Wildman–Crippen MR) is 31.9 cm³/mol. The SMILES string of the molecule is CC(=O)O.[Zn].c1c[nH]cn1. The zero-order valence-corrected chi connectivity index (χ0v) is 8.71. The molecule has 0 bridgehead atoms. The van der Waals surface area contributed by atoms with Gasteiger partial charge in [0, 0.05) is 38.8 Å². The van der Waals surface area contributed by atoms with Crippen LogP contribution in [0.1, 0.15) is 6.92 Å². The van der Waals surface area contributed by atoms with E-state index in [9.17, 15) is 0 Å². The van der Waals surface area contributed by atoms with Gasteiger partial charge in [-0.2, -0.15) is 0 Å². The molecule has 0 radical (unpaired) electrons. The first-order valence-electron chi connectivity index (χ1n) is 2.35. The third-order valence-corrected chi connectivity index (χ3v) is 0.406. The predicted octanol–water partition coefficient (Wildman–Crippen LogP) is 0.498. The molecule has 0 amide bonds. The minimum absolute atomic E-state index is 0. The van der Waals surface area contributed by atoms with Crippen molar-refractivity contribution in [3.05, 3.63) is 18.7 Å². The van der Waals surface area contributed by atoms with Crippen LogP contribution < -0.4 is 0 Å². The van der Waals surface area contributed by atoms with Crippen molar-refractivity contribution in [1.29, 1.82) is 0 Å². The summed E-state index contributed by atoms with van der Waals surface area (Å²) in [5.74, 6) is -0.833. The molecule has 2 N–H and O–H groups in total. The third kappa shape index (κ3) is 15.7. The fraction of sp³-hybridized carbons (Fsp3) is 0.200. The van der Waals surface area contributed by atoms with Gasteiger partial charge in [-0.3, -0.25) is 4.79 Å². The first-order chi connectivity index (χ1) is 4.23. The number of aromatic amines is 1. The van der Waals surface area contributed by atoms with E-state index in [2.05, 4.69) is 9.97 Å². The standard InChI is InChI=1S/C3H4N2.C2H4O2.Zn/c1-2-5-3-4-1;1-2(3)4;/h1-3H,(H,4,5);1H3,(H,3,4);. The molecule has 0 aromatic carbocycles. The minimum Gasteiger partial charge on any atom is -0.481 e. The quantitative estimate of drug-likeness (QED) is 0.590. The van der Waals surface area contributed by atoms with Gasteiger partial charge in [-0.1, -0.05) is 0 Å². The van der Waals surface area contributed by atoms with E-state index in [0.717, 1.165) is 6.92 Å². The van der Waals surface area contributed by atoms with Crippen LogP contribution in [0.4, 0.5) is 0 Å². The van der Waals surface area contributed by atoms with E-state index in [1.54, 1.807) is 18.7 Å². The van der Waals surface area contributed by atoms with Crippen LogP contribution in [0, 0.1) is 0 Å². The molecule has 1 heterocycles. The van der Waals surface area contributed by atoms with Gasteiger partial charge in [-0.15, -0.1) is 0 Å². The summed E-state index contributed by atoms with van der Waals surface area (Å²) in [5, 5.41) is 7.42. The molecule has 0 aliphatic heterocycles. The first-order valence-corrected chi connectivity index (χ1v) is 2.35. The van der Waals surface area contributed by atoms with E-state index >= 15 is 0 Å². The van der Waals surface area contributed by atoms with Crippen LogP contribution in [0.3, 0.4) is 0 Å². The Morgan fingerprint density at radius 2 is 2.20 bits per heavy atom. The van der Waals surface area contributed by atoms with Crippen molar-refractivity contribution in [2.75, 3.05) is 0 Å². The van der Waals surface area contributed by atoms with Gasteiger partial charge in [-0.25, -0.2) is 4.98 Å². The fourth-order valence-electron chi connectivity index (χ4n) is 0.215. The molecular formula is C5H8N2O2Zn. The van der Waals surface area contributed by atoms with Crippen molar-refractivity contribution in [2.45, 2.75) is 6.92 Å². The number of rotatable bonds is 0. The van der Waals surface area contributed by atoms with E-state index in [0.29, 0.717) is 0 Å². The van der Waals surface area contributed by atoms with Crippen LogP contribution in [-0.4, -0.2) is 21.0 Å². The van der Waals surface area contributed by atoms with Crippen LogP contribution in [-0.2, 0) is 24.3 Å². The maximum atomic E-state index is 9.00. The summed E-state index contributed by atoms with van der Waals surface area (Å²) in [7, 11) is 0. The number of hydrogen-bond acceptors (Lipinski definition) is 2. The van der Waals surface area contributed by atoms with E-state index in [1.807, 2.05) is 0 Å². The smallest absolute Gasteiger partial charge is 0.300 e. The number of carboxylic acid groups (broad SMARTS) is 1. The number of H-pyrrole nitrogens is 1. The van der Waals surface area contributed by atoms with Gasteiger partial charge in [0.2, 0.25) is 0 Å². The molecule has 0 atom stereocenters. The first kappa shape index (κ1) is 12.0. The van der Waals surface area contributed by atoms with E-state index < -0.39 is 5.97 Å². The maximum Gasteiger partial charge on any atom is 0.300 e. The second-order valence-electron chi connectivity index (χ2n) is 1.28. The van der Waals surface area contributed by atoms with Gasteiger partial charge < -0.3 is 10.1 Å². The number of carbonyl (C=O) groups is 1. The van der Waals surface area contributed by atoms with Gasteiger partial charge in [-0.05, 0) is 0 Å². The second-order valence-corrected chi connectivity index (χ2v) is 1.28. The van der Waals surface area contributed by atoms with Crippen LogP contribution in [0.5, 0.6) is 0 Å². The number of hydrogen-bond donors (Lipinski definition) is 2. The molecule has 0 spiro atoms. The normalized spacial score (nSPS) is 6.50. The van der Waals surface area contributed by atoms with Crippen molar-refractivity contribution in [2.24, 2.45) is 0 Å². The van der Waals surface area contributed by atoms with Crippen LogP contribution in [0.25, 0.3) is 0 Å². The van der Waals surface area contributed by atoms with Gasteiger partial charge in [0.25, 0.3) is 5.97 Å². The van der Waals surface area contributed by atoms with Gasteiger partial charge >= 0.3 is 0 Å². The molecule has 1 rings (SSSR count). The zero-order chi connectivity index (χ0) is 7.11. The molecule has 5 heteroatoms. The van der Waals surface area contributed by atoms with Gasteiger partial charge in [0.15, 0.2) is 0 Å². The third-order valence-electron chi connectivity index (χ3n) is 0.406. The Morgan fingerprint density at radius 3 is 2.30 bits per heavy atom. The van der Waals surface area contributed by atoms with Crippen molar-refractivity contribution in [3.63, 3.8) is 0 Å². The summed E-state index contributed by atoms with van der Waals surface area (Å²) < 4.78 is 0. The van der Waals surface area contributed by atoms with Crippen LogP contribution >= 0.6 is 0 Å². The summed E-state index contributed by atoms with van der Waals surface area (Å²) in [6.45, 7) is 1.08. The molecule has 1 aromatic heterocycles. The Kier molecular flexibility index (Phi) is 9.99. The molecule has 0 unspecified atom stereocenters. The molecule has 0 saturated carbocycles. The van der Waals surface area contributed by atoms with Crippen molar-refractivity contribution >= 4 is 5.97 Å². The molecule has 0 saturated heterocycles. The Morgan fingerprint density at radius 1 is 1.70 bits per heavy atom. The van der Waals surface area contributed by atoms with Gasteiger partial charge in [0.1, 0.15) is 0 Å². The second kappa shape index (κ2) is 8.30. The zero-order valence-electron chi connectivity index (χ0n) is 5.74. The molecule has 0 aliphatic rings. The number of nitrogens with one attached hydrogen (secondary N) is 1. The van der Waals surface area contributed by atoms with Crippen molar-refractivity contribution < 1.29 is 29.4 Å². The van der Waals surface area contributed by atoms with Crippen LogP contribution in [0.15, 0.2) is 18.7 Å². The Labute approximate surface area is 71.4 Å². The van der Waals surface area contributed by atoms with Gasteiger partial charge in [0.05, 0.1) is 6.33 Å². The molecule has 0 fully saturated rings. The Hall–Kier alpha value is -0.697. The topological polar surface area (TPSA) is 66.0 Å².